The molecule has 0 N–H and O–H groups in total. The predicted molar refractivity (Wildman–Crippen MR) is 60.5 cm³/mol. The van der Waals surface area contributed by atoms with Crippen molar-refractivity contribution in [3.05, 3.63) is 11.8 Å². The Bertz CT molecular complexity index is 276. The second-order valence-electron chi connectivity index (χ2n) is 5.28. The summed E-state index contributed by atoms with van der Waals surface area (Å²) in [5.41, 5.74) is 0.584. The molecule has 0 aromatic carbocycles. The Labute approximate surface area is 92.1 Å². The van der Waals surface area contributed by atoms with Crippen LogP contribution in [0.5, 0.6) is 0 Å². The highest BCUT2D eigenvalue weighted by molar-refractivity contribution is 5.70. The monoisotopic (exact) mass is 211 g/mol. The third-order valence-electron chi connectivity index (χ3n) is 2.35. The summed E-state index contributed by atoms with van der Waals surface area (Å²) in [6.45, 7) is 10.5. The minimum atomic E-state index is -0.419. The second kappa shape index (κ2) is 4.25. The highest BCUT2D eigenvalue weighted by Gasteiger charge is 2.26. The average Bonchev–Trinajstić information content (AvgIpc) is 2.06. The molecule has 3 heteroatoms. The molecule has 1 aliphatic rings. The van der Waals surface area contributed by atoms with Gasteiger partial charge in [-0.15, -0.1) is 0 Å². The molecule has 0 aromatic heterocycles. The van der Waals surface area contributed by atoms with Crippen molar-refractivity contribution in [1.82, 2.24) is 4.90 Å². The summed E-state index contributed by atoms with van der Waals surface area (Å²) in [7, 11) is 0. The lowest BCUT2D eigenvalue weighted by Gasteiger charge is -2.32. The normalized spacial score (nSPS) is 22.3. The quantitative estimate of drug-likeness (QED) is 0.616. The molecule has 0 fully saturated rings. The van der Waals surface area contributed by atoms with Crippen LogP contribution < -0.4 is 0 Å². The van der Waals surface area contributed by atoms with Crippen LogP contribution >= 0.6 is 0 Å². The van der Waals surface area contributed by atoms with Crippen molar-refractivity contribution in [1.29, 1.82) is 0 Å². The highest BCUT2D eigenvalue weighted by atomic mass is 16.6. The zero-order chi connectivity index (χ0) is 11.6. The molecule has 1 aliphatic heterocycles. The van der Waals surface area contributed by atoms with E-state index >= 15 is 0 Å². The van der Waals surface area contributed by atoms with E-state index in [9.17, 15) is 4.79 Å². The summed E-state index contributed by atoms with van der Waals surface area (Å²) in [6, 6.07) is 0. The van der Waals surface area contributed by atoms with E-state index in [4.69, 9.17) is 4.74 Å². The second-order valence-corrected chi connectivity index (χ2v) is 5.28. The van der Waals surface area contributed by atoms with Gasteiger partial charge in [0.25, 0.3) is 0 Å². The van der Waals surface area contributed by atoms with E-state index in [1.165, 1.54) is 0 Å². The Hall–Kier alpha value is -0.990. The number of nitrogens with zero attached hydrogens (tertiary/aromatic N) is 1. The van der Waals surface area contributed by atoms with E-state index in [1.807, 2.05) is 27.7 Å². The van der Waals surface area contributed by atoms with Gasteiger partial charge >= 0.3 is 6.09 Å². The number of amides is 1. The molecule has 0 radical (unpaired) electrons. The summed E-state index contributed by atoms with van der Waals surface area (Å²) >= 11 is 0. The fourth-order valence-corrected chi connectivity index (χ4v) is 1.55. The van der Waals surface area contributed by atoms with Gasteiger partial charge in [-0.3, -0.25) is 4.90 Å². The van der Waals surface area contributed by atoms with E-state index in [-0.39, 0.29) is 6.09 Å². The Morgan fingerprint density at radius 1 is 1.53 bits per heavy atom. The molecule has 1 unspecified atom stereocenters. The van der Waals surface area contributed by atoms with Gasteiger partial charge in [0, 0.05) is 12.2 Å². The first-order valence-corrected chi connectivity index (χ1v) is 5.47. The fourth-order valence-electron chi connectivity index (χ4n) is 1.55. The van der Waals surface area contributed by atoms with Gasteiger partial charge in [-0.2, -0.15) is 0 Å². The van der Waals surface area contributed by atoms with Crippen molar-refractivity contribution in [2.24, 2.45) is 5.92 Å². The number of allylic oxidation sites excluding steroid dienone is 2. The van der Waals surface area contributed by atoms with Gasteiger partial charge in [0.1, 0.15) is 5.60 Å². The lowest BCUT2D eigenvalue weighted by Crippen LogP contribution is -2.39. The van der Waals surface area contributed by atoms with Crippen molar-refractivity contribution in [3.8, 4) is 0 Å². The van der Waals surface area contributed by atoms with E-state index in [0.29, 0.717) is 5.92 Å². The van der Waals surface area contributed by atoms with Crippen LogP contribution in [-0.4, -0.2) is 23.1 Å². The van der Waals surface area contributed by atoms with Crippen LogP contribution in [0.15, 0.2) is 11.8 Å². The first-order valence-electron chi connectivity index (χ1n) is 5.47. The van der Waals surface area contributed by atoms with Gasteiger partial charge in [-0.05, 0) is 40.0 Å². The highest BCUT2D eigenvalue weighted by Crippen LogP contribution is 2.21. The van der Waals surface area contributed by atoms with Crippen molar-refractivity contribution < 1.29 is 9.53 Å². The van der Waals surface area contributed by atoms with Crippen molar-refractivity contribution in [2.75, 3.05) is 6.54 Å². The molecular weight excluding hydrogens is 190 g/mol. The third kappa shape index (κ3) is 3.57. The maximum absolute atomic E-state index is 11.8. The third-order valence-corrected chi connectivity index (χ3v) is 2.35. The van der Waals surface area contributed by atoms with E-state index in [0.717, 1.165) is 18.7 Å². The van der Waals surface area contributed by atoms with Crippen LogP contribution in [0.4, 0.5) is 4.79 Å². The molecule has 0 aromatic rings. The van der Waals surface area contributed by atoms with E-state index < -0.39 is 5.60 Å². The molecule has 0 aliphatic carbocycles. The molecule has 0 saturated heterocycles. The van der Waals surface area contributed by atoms with Gasteiger partial charge in [0.05, 0.1) is 0 Å². The van der Waals surface area contributed by atoms with Gasteiger partial charge in [0.15, 0.2) is 0 Å². The van der Waals surface area contributed by atoms with Gasteiger partial charge in [-0.25, -0.2) is 4.79 Å². The summed E-state index contributed by atoms with van der Waals surface area (Å²) in [5, 5.41) is 0. The number of hydrogen-bond acceptors (Lipinski definition) is 2. The topological polar surface area (TPSA) is 29.5 Å². The molecule has 1 atom stereocenters. The molecule has 3 nitrogen and oxygen atoms in total. The maximum Gasteiger partial charge on any atom is 0.414 e. The summed E-state index contributed by atoms with van der Waals surface area (Å²) in [4.78, 5) is 13.6. The van der Waals surface area contributed by atoms with Crippen LogP contribution in [-0.2, 0) is 4.74 Å². The van der Waals surface area contributed by atoms with Crippen molar-refractivity contribution in [2.45, 2.75) is 46.6 Å². The summed E-state index contributed by atoms with van der Waals surface area (Å²) < 4.78 is 5.34. The Balaban J connectivity index is 2.67. The minimum absolute atomic E-state index is 0.234. The van der Waals surface area contributed by atoms with Gasteiger partial charge in [-0.1, -0.05) is 13.0 Å². The van der Waals surface area contributed by atoms with E-state index in [2.05, 4.69) is 13.0 Å². The summed E-state index contributed by atoms with van der Waals surface area (Å²) in [6.07, 6.45) is 2.91. The van der Waals surface area contributed by atoms with Crippen molar-refractivity contribution >= 4 is 6.09 Å². The molecule has 0 bridgehead atoms. The largest absolute Gasteiger partial charge is 0.443 e. The smallest absolute Gasteiger partial charge is 0.414 e. The van der Waals surface area contributed by atoms with Crippen LogP contribution in [0.25, 0.3) is 0 Å². The molecule has 0 saturated carbocycles. The molecule has 1 amide bonds. The number of ether oxygens (including phenoxy) is 1. The zero-order valence-electron chi connectivity index (χ0n) is 10.3. The molecule has 1 heterocycles. The zero-order valence-corrected chi connectivity index (χ0v) is 10.3. The SMILES string of the molecule is CC1=CCC(C)CN1C(=O)OC(C)(C)C. The molecule has 15 heavy (non-hydrogen) atoms. The first-order chi connectivity index (χ1) is 6.79. The number of hydrogen-bond donors (Lipinski definition) is 0. The fraction of sp³-hybridized carbons (Fsp3) is 0.750. The first kappa shape index (κ1) is 12.1. The van der Waals surface area contributed by atoms with Crippen LogP contribution in [0, 0.1) is 5.92 Å². The number of carbonyl (C=O) groups is 1. The average molecular weight is 211 g/mol. The van der Waals surface area contributed by atoms with Gasteiger partial charge < -0.3 is 4.74 Å². The molecule has 86 valence electrons. The van der Waals surface area contributed by atoms with Gasteiger partial charge in [0.2, 0.25) is 0 Å². The van der Waals surface area contributed by atoms with Crippen LogP contribution in [0.2, 0.25) is 0 Å². The minimum Gasteiger partial charge on any atom is -0.443 e. The predicted octanol–water partition coefficient (Wildman–Crippen LogP) is 3.17. The standard InChI is InChI=1S/C12H21NO2/c1-9-6-7-10(2)13(8-9)11(14)15-12(3,4)5/h7,9H,6,8H2,1-5H3. The molecule has 0 spiro atoms. The van der Waals surface area contributed by atoms with Crippen LogP contribution in [0.3, 0.4) is 0 Å². The maximum atomic E-state index is 11.8. The van der Waals surface area contributed by atoms with Crippen LogP contribution in [0.1, 0.15) is 41.0 Å². The lowest BCUT2D eigenvalue weighted by atomic mass is 10.0. The Morgan fingerprint density at radius 2 is 2.13 bits per heavy atom. The van der Waals surface area contributed by atoms with Crippen molar-refractivity contribution in [3.63, 3.8) is 0 Å². The Kier molecular flexibility index (Phi) is 3.42. The number of rotatable bonds is 0. The number of carbonyl (C=O) groups excluding carboxylic acids is 1. The van der Waals surface area contributed by atoms with E-state index in [1.54, 1.807) is 4.90 Å². The molecule has 1 rings (SSSR count). The lowest BCUT2D eigenvalue weighted by molar-refractivity contribution is 0.0281. The Morgan fingerprint density at radius 3 is 2.67 bits per heavy atom. The molecular formula is C12H21NO2. The summed E-state index contributed by atoms with van der Waals surface area (Å²) in [5.74, 6) is 0.515.